The van der Waals surface area contributed by atoms with E-state index in [1.807, 2.05) is 6.92 Å². The molecule has 0 aliphatic heterocycles. The van der Waals surface area contributed by atoms with Gasteiger partial charge in [0.15, 0.2) is 0 Å². The summed E-state index contributed by atoms with van der Waals surface area (Å²) in [6, 6.07) is 0. The van der Waals surface area contributed by atoms with Crippen LogP contribution in [0.25, 0.3) is 0 Å². The van der Waals surface area contributed by atoms with Crippen molar-refractivity contribution in [1.82, 2.24) is 0 Å². The number of rotatable bonds is 2. The summed E-state index contributed by atoms with van der Waals surface area (Å²) in [7, 11) is 0. The molecule has 14 heavy (non-hydrogen) atoms. The predicted octanol–water partition coefficient (Wildman–Crippen LogP) is 2.54. The van der Waals surface area contributed by atoms with Crippen LogP contribution in [0.4, 0.5) is 0 Å². The van der Waals surface area contributed by atoms with E-state index in [4.69, 9.17) is 4.74 Å². The fourth-order valence-electron chi connectivity index (χ4n) is 2.50. The van der Waals surface area contributed by atoms with Crippen molar-refractivity contribution in [2.45, 2.75) is 32.6 Å². The Labute approximate surface area is 85.3 Å². The summed E-state index contributed by atoms with van der Waals surface area (Å²) >= 11 is 0. The van der Waals surface area contributed by atoms with Crippen molar-refractivity contribution >= 4 is 5.97 Å². The van der Waals surface area contributed by atoms with Gasteiger partial charge in [-0.05, 0) is 38.0 Å². The average Bonchev–Trinajstić information content (AvgIpc) is 2.77. The summed E-state index contributed by atoms with van der Waals surface area (Å²) in [5.41, 5.74) is 0. The second-order valence-corrected chi connectivity index (χ2v) is 4.23. The lowest BCUT2D eigenvalue weighted by Crippen LogP contribution is -2.08. The van der Waals surface area contributed by atoms with Gasteiger partial charge in [-0.25, -0.2) is 0 Å². The number of ether oxygens (including phenoxy) is 1. The predicted molar refractivity (Wildman–Crippen MR) is 54.7 cm³/mol. The molecule has 0 bridgehead atoms. The summed E-state index contributed by atoms with van der Waals surface area (Å²) in [4.78, 5) is 11.5. The SMILES string of the molecule is CCOC(=O)[C@@H]1[C@@H]2C=CCCCC[C@H]21. The first-order valence-corrected chi connectivity index (χ1v) is 5.68. The molecule has 2 nitrogen and oxygen atoms in total. The lowest BCUT2D eigenvalue weighted by molar-refractivity contribution is -0.145. The molecule has 0 amide bonds. The molecular weight excluding hydrogens is 176 g/mol. The van der Waals surface area contributed by atoms with Crippen LogP contribution < -0.4 is 0 Å². The van der Waals surface area contributed by atoms with Gasteiger partial charge in [0, 0.05) is 0 Å². The number of hydrogen-bond acceptors (Lipinski definition) is 2. The van der Waals surface area contributed by atoms with Crippen LogP contribution in [-0.4, -0.2) is 12.6 Å². The largest absolute Gasteiger partial charge is 0.466 e. The van der Waals surface area contributed by atoms with Gasteiger partial charge in [0.2, 0.25) is 0 Å². The Hall–Kier alpha value is -0.790. The third kappa shape index (κ3) is 1.84. The Bertz CT molecular complexity index is 245. The summed E-state index contributed by atoms with van der Waals surface area (Å²) < 4.78 is 5.07. The highest BCUT2D eigenvalue weighted by Crippen LogP contribution is 2.51. The van der Waals surface area contributed by atoms with Gasteiger partial charge in [0.05, 0.1) is 12.5 Å². The fraction of sp³-hybridized carbons (Fsp3) is 0.750. The molecule has 1 saturated carbocycles. The van der Waals surface area contributed by atoms with Crippen LogP contribution in [0, 0.1) is 17.8 Å². The van der Waals surface area contributed by atoms with Crippen LogP contribution in [-0.2, 0) is 9.53 Å². The van der Waals surface area contributed by atoms with Gasteiger partial charge in [-0.3, -0.25) is 4.79 Å². The molecule has 0 unspecified atom stereocenters. The quantitative estimate of drug-likeness (QED) is 0.499. The topological polar surface area (TPSA) is 26.3 Å². The minimum absolute atomic E-state index is 0.0223. The van der Waals surface area contributed by atoms with Crippen LogP contribution >= 0.6 is 0 Å². The Morgan fingerprint density at radius 3 is 3.14 bits per heavy atom. The molecule has 0 radical (unpaired) electrons. The summed E-state index contributed by atoms with van der Waals surface area (Å²) in [6.45, 7) is 2.39. The van der Waals surface area contributed by atoms with Crippen molar-refractivity contribution in [2.75, 3.05) is 6.61 Å². The van der Waals surface area contributed by atoms with E-state index in [2.05, 4.69) is 12.2 Å². The molecule has 2 aliphatic rings. The van der Waals surface area contributed by atoms with Crippen molar-refractivity contribution in [2.24, 2.45) is 17.8 Å². The lowest BCUT2D eigenvalue weighted by atomic mass is 10.1. The van der Waals surface area contributed by atoms with Crippen LogP contribution in [0.1, 0.15) is 32.6 Å². The number of fused-ring (bicyclic) bond motifs is 1. The molecule has 0 heterocycles. The highest BCUT2D eigenvalue weighted by molar-refractivity contribution is 5.77. The molecule has 0 N–H and O–H groups in total. The van der Waals surface area contributed by atoms with Crippen LogP contribution in [0.3, 0.4) is 0 Å². The second-order valence-electron chi connectivity index (χ2n) is 4.23. The number of carbonyl (C=O) groups is 1. The van der Waals surface area contributed by atoms with Crippen LogP contribution in [0.15, 0.2) is 12.2 Å². The second kappa shape index (κ2) is 4.16. The smallest absolute Gasteiger partial charge is 0.309 e. The van der Waals surface area contributed by atoms with Crippen LogP contribution in [0.2, 0.25) is 0 Å². The van der Waals surface area contributed by atoms with Gasteiger partial charge in [-0.2, -0.15) is 0 Å². The Balaban J connectivity index is 1.94. The van der Waals surface area contributed by atoms with E-state index in [1.165, 1.54) is 25.7 Å². The highest BCUT2D eigenvalue weighted by atomic mass is 16.5. The molecule has 2 heteroatoms. The fourth-order valence-corrected chi connectivity index (χ4v) is 2.50. The molecule has 0 aromatic carbocycles. The number of hydrogen-bond donors (Lipinski definition) is 0. The van der Waals surface area contributed by atoms with Crippen molar-refractivity contribution < 1.29 is 9.53 Å². The van der Waals surface area contributed by atoms with Crippen molar-refractivity contribution in [3.63, 3.8) is 0 Å². The summed E-state index contributed by atoms with van der Waals surface area (Å²) in [5, 5.41) is 0. The molecular formula is C12H18O2. The van der Waals surface area contributed by atoms with E-state index < -0.39 is 0 Å². The maximum atomic E-state index is 11.5. The van der Waals surface area contributed by atoms with E-state index in [9.17, 15) is 4.79 Å². The third-order valence-electron chi connectivity index (χ3n) is 3.30. The van der Waals surface area contributed by atoms with Gasteiger partial charge in [0.1, 0.15) is 0 Å². The maximum absolute atomic E-state index is 11.5. The minimum Gasteiger partial charge on any atom is -0.466 e. The molecule has 3 atom stereocenters. The molecule has 1 fully saturated rings. The summed E-state index contributed by atoms with van der Waals surface area (Å²) in [6.07, 6.45) is 9.38. The standard InChI is InChI=1S/C12H18O2/c1-2-14-12(13)11-9-7-5-3-4-6-8-10(9)11/h5,7,9-11H,2-4,6,8H2,1H3/t9-,10-,11-/m1/s1. The molecule has 0 spiro atoms. The molecule has 0 aromatic heterocycles. The molecule has 0 aromatic rings. The maximum Gasteiger partial charge on any atom is 0.309 e. The van der Waals surface area contributed by atoms with E-state index >= 15 is 0 Å². The minimum atomic E-state index is 0.0223. The van der Waals surface area contributed by atoms with E-state index in [-0.39, 0.29) is 11.9 Å². The Kier molecular flexibility index (Phi) is 2.90. The van der Waals surface area contributed by atoms with Gasteiger partial charge in [-0.15, -0.1) is 0 Å². The zero-order valence-corrected chi connectivity index (χ0v) is 8.74. The van der Waals surface area contributed by atoms with Crippen molar-refractivity contribution in [3.8, 4) is 0 Å². The Morgan fingerprint density at radius 2 is 2.36 bits per heavy atom. The van der Waals surface area contributed by atoms with Gasteiger partial charge >= 0.3 is 5.97 Å². The van der Waals surface area contributed by atoms with Gasteiger partial charge < -0.3 is 4.74 Å². The average molecular weight is 194 g/mol. The van der Waals surface area contributed by atoms with E-state index in [1.54, 1.807) is 0 Å². The molecule has 2 rings (SSSR count). The zero-order chi connectivity index (χ0) is 9.97. The van der Waals surface area contributed by atoms with Crippen molar-refractivity contribution in [3.05, 3.63) is 12.2 Å². The first-order valence-electron chi connectivity index (χ1n) is 5.68. The zero-order valence-electron chi connectivity index (χ0n) is 8.74. The normalized spacial score (nSPS) is 35.4. The number of carbonyl (C=O) groups excluding carboxylic acids is 1. The van der Waals surface area contributed by atoms with Gasteiger partial charge in [-0.1, -0.05) is 18.6 Å². The number of allylic oxidation sites excluding steroid dienone is 2. The first kappa shape index (κ1) is 9.75. The molecule has 2 aliphatic carbocycles. The first-order chi connectivity index (χ1) is 6.84. The number of esters is 1. The lowest BCUT2D eigenvalue weighted by Gasteiger charge is -2.00. The highest BCUT2D eigenvalue weighted by Gasteiger charge is 2.53. The summed E-state index contributed by atoms with van der Waals surface area (Å²) in [5.74, 6) is 1.29. The Morgan fingerprint density at radius 1 is 1.50 bits per heavy atom. The molecule has 0 saturated heterocycles. The van der Waals surface area contributed by atoms with Crippen LogP contribution in [0.5, 0.6) is 0 Å². The van der Waals surface area contributed by atoms with E-state index in [0.29, 0.717) is 18.4 Å². The van der Waals surface area contributed by atoms with Gasteiger partial charge in [0.25, 0.3) is 0 Å². The van der Waals surface area contributed by atoms with Crippen molar-refractivity contribution in [1.29, 1.82) is 0 Å². The third-order valence-corrected chi connectivity index (χ3v) is 3.30. The monoisotopic (exact) mass is 194 g/mol. The molecule has 78 valence electrons. The van der Waals surface area contributed by atoms with E-state index in [0.717, 1.165) is 0 Å².